The summed E-state index contributed by atoms with van der Waals surface area (Å²) in [6, 6.07) is 12.7. The Hall–Kier alpha value is -2.04. The Kier molecular flexibility index (Phi) is 6.85. The van der Waals surface area contributed by atoms with Crippen LogP contribution in [-0.4, -0.2) is 24.9 Å². The van der Waals surface area contributed by atoms with E-state index in [0.717, 1.165) is 11.1 Å². The van der Waals surface area contributed by atoms with Crippen molar-refractivity contribution in [2.24, 2.45) is 0 Å². The lowest BCUT2D eigenvalue weighted by Crippen LogP contribution is -2.43. The Morgan fingerprint density at radius 1 is 1.12 bits per heavy atom. The molecule has 2 amide bonds. The summed E-state index contributed by atoms with van der Waals surface area (Å²) in [5.74, 6) is -1.20. The number of carbonyl (C=O) groups excluding carboxylic acids is 2. The molecule has 0 saturated carbocycles. The Bertz CT molecular complexity index is 778. The van der Waals surface area contributed by atoms with Gasteiger partial charge in [-0.15, -0.1) is 0 Å². The topological polar surface area (TPSA) is 49.4 Å². The average molecular weight is 379 g/mol. The first kappa shape index (κ1) is 19.3. The molecule has 0 unspecified atom stereocenters. The van der Waals surface area contributed by atoms with Crippen molar-refractivity contribution in [3.63, 3.8) is 0 Å². The number of likely N-dealkylation sites (N-methyl/N-ethyl adjacent to an activating group) is 1. The molecule has 0 heterocycles. The first-order valence-corrected chi connectivity index (χ1v) is 8.78. The second-order valence-electron chi connectivity index (χ2n) is 5.63. The molecular formula is C19H20Cl2N2O2. The van der Waals surface area contributed by atoms with Gasteiger partial charge in [0.25, 0.3) is 0 Å². The van der Waals surface area contributed by atoms with Crippen LogP contribution < -0.4 is 10.2 Å². The van der Waals surface area contributed by atoms with E-state index in [1.54, 1.807) is 12.1 Å². The Morgan fingerprint density at radius 3 is 2.52 bits per heavy atom. The third-order valence-corrected chi connectivity index (χ3v) is 4.35. The average Bonchev–Trinajstić information content (AvgIpc) is 2.57. The van der Waals surface area contributed by atoms with Crippen molar-refractivity contribution in [1.82, 2.24) is 5.32 Å². The molecule has 0 atom stereocenters. The number of nitrogens with zero attached hydrogens (tertiary/aromatic N) is 1. The minimum Gasteiger partial charge on any atom is -0.347 e. The molecule has 0 aliphatic carbocycles. The maximum absolute atomic E-state index is 12.4. The minimum absolute atomic E-state index is 0.317. The SMILES string of the molecule is CCN(C(=O)C(=O)NCCc1ccc(Cl)cc1Cl)c1cccc(C)c1. The molecule has 2 aromatic carbocycles. The zero-order valence-electron chi connectivity index (χ0n) is 14.2. The number of hydrogen-bond donors (Lipinski definition) is 1. The van der Waals surface area contributed by atoms with Gasteiger partial charge in [-0.1, -0.05) is 41.4 Å². The molecule has 1 N–H and O–H groups in total. The molecule has 0 saturated heterocycles. The third kappa shape index (κ3) is 5.21. The predicted octanol–water partition coefficient (Wildman–Crippen LogP) is 4.01. The zero-order valence-corrected chi connectivity index (χ0v) is 15.7. The van der Waals surface area contributed by atoms with Crippen molar-refractivity contribution >= 4 is 40.7 Å². The third-order valence-electron chi connectivity index (χ3n) is 3.76. The molecule has 0 bridgehead atoms. The van der Waals surface area contributed by atoms with Crippen LogP contribution in [0.15, 0.2) is 42.5 Å². The van der Waals surface area contributed by atoms with Gasteiger partial charge in [-0.25, -0.2) is 0 Å². The molecule has 4 nitrogen and oxygen atoms in total. The van der Waals surface area contributed by atoms with Crippen LogP contribution in [0.1, 0.15) is 18.1 Å². The van der Waals surface area contributed by atoms with Crippen LogP contribution in [0, 0.1) is 6.92 Å². The van der Waals surface area contributed by atoms with Crippen molar-refractivity contribution in [1.29, 1.82) is 0 Å². The van der Waals surface area contributed by atoms with Crippen LogP contribution in [-0.2, 0) is 16.0 Å². The van der Waals surface area contributed by atoms with Crippen LogP contribution in [0.2, 0.25) is 10.0 Å². The number of benzene rings is 2. The lowest BCUT2D eigenvalue weighted by atomic mass is 10.1. The fourth-order valence-corrected chi connectivity index (χ4v) is 2.98. The van der Waals surface area contributed by atoms with Gasteiger partial charge in [0, 0.05) is 28.8 Å². The van der Waals surface area contributed by atoms with Crippen molar-refractivity contribution in [3.05, 3.63) is 63.6 Å². The maximum atomic E-state index is 12.4. The summed E-state index contributed by atoms with van der Waals surface area (Å²) < 4.78 is 0. The van der Waals surface area contributed by atoms with Crippen LogP contribution in [0.4, 0.5) is 5.69 Å². The molecule has 6 heteroatoms. The summed E-state index contributed by atoms with van der Waals surface area (Å²) in [7, 11) is 0. The van der Waals surface area contributed by atoms with Crippen molar-refractivity contribution in [3.8, 4) is 0 Å². The summed E-state index contributed by atoms with van der Waals surface area (Å²) in [6.07, 6.45) is 0.519. The lowest BCUT2D eigenvalue weighted by Gasteiger charge is -2.20. The molecular weight excluding hydrogens is 359 g/mol. The molecule has 0 radical (unpaired) electrons. The highest BCUT2D eigenvalue weighted by atomic mass is 35.5. The fourth-order valence-electron chi connectivity index (χ4n) is 2.47. The van der Waals surface area contributed by atoms with Gasteiger partial charge >= 0.3 is 11.8 Å². The van der Waals surface area contributed by atoms with E-state index in [1.807, 2.05) is 44.2 Å². The van der Waals surface area contributed by atoms with Crippen molar-refractivity contribution < 1.29 is 9.59 Å². The Labute approximate surface area is 157 Å². The smallest absolute Gasteiger partial charge is 0.316 e. The molecule has 0 aliphatic rings. The van der Waals surface area contributed by atoms with E-state index in [9.17, 15) is 9.59 Å². The van der Waals surface area contributed by atoms with E-state index >= 15 is 0 Å². The van der Waals surface area contributed by atoms with E-state index in [2.05, 4.69) is 5.32 Å². The van der Waals surface area contributed by atoms with E-state index in [1.165, 1.54) is 4.90 Å². The molecule has 0 fully saturated rings. The van der Waals surface area contributed by atoms with E-state index in [0.29, 0.717) is 35.2 Å². The number of aryl methyl sites for hydroxylation is 1. The van der Waals surface area contributed by atoms with Crippen LogP contribution in [0.5, 0.6) is 0 Å². The van der Waals surface area contributed by atoms with Crippen LogP contribution >= 0.6 is 23.2 Å². The predicted molar refractivity (Wildman–Crippen MR) is 102 cm³/mol. The summed E-state index contributed by atoms with van der Waals surface area (Å²) in [5.41, 5.74) is 2.61. The van der Waals surface area contributed by atoms with Gasteiger partial charge in [0.15, 0.2) is 0 Å². The molecule has 0 spiro atoms. The summed E-state index contributed by atoms with van der Waals surface area (Å²) in [4.78, 5) is 26.0. The van der Waals surface area contributed by atoms with Crippen LogP contribution in [0.3, 0.4) is 0 Å². The molecule has 25 heavy (non-hydrogen) atoms. The van der Waals surface area contributed by atoms with Gasteiger partial charge < -0.3 is 10.2 Å². The van der Waals surface area contributed by atoms with E-state index in [4.69, 9.17) is 23.2 Å². The summed E-state index contributed by atoms with van der Waals surface area (Å²) in [5, 5.41) is 3.75. The largest absolute Gasteiger partial charge is 0.347 e. The maximum Gasteiger partial charge on any atom is 0.316 e. The molecule has 132 valence electrons. The summed E-state index contributed by atoms with van der Waals surface area (Å²) >= 11 is 12.0. The van der Waals surface area contributed by atoms with Gasteiger partial charge in [0.05, 0.1) is 0 Å². The highest BCUT2D eigenvalue weighted by Crippen LogP contribution is 2.21. The van der Waals surface area contributed by atoms with Crippen molar-refractivity contribution in [2.75, 3.05) is 18.0 Å². The highest BCUT2D eigenvalue weighted by molar-refractivity contribution is 6.40. The van der Waals surface area contributed by atoms with Gasteiger partial charge in [0.2, 0.25) is 0 Å². The highest BCUT2D eigenvalue weighted by Gasteiger charge is 2.21. The number of hydrogen-bond acceptors (Lipinski definition) is 2. The molecule has 0 aliphatic heterocycles. The first-order chi connectivity index (χ1) is 11.9. The Morgan fingerprint density at radius 2 is 1.88 bits per heavy atom. The number of nitrogens with one attached hydrogen (secondary N) is 1. The Balaban J connectivity index is 1.96. The van der Waals surface area contributed by atoms with Gasteiger partial charge in [-0.2, -0.15) is 0 Å². The van der Waals surface area contributed by atoms with Gasteiger partial charge in [-0.3, -0.25) is 9.59 Å². The normalized spacial score (nSPS) is 10.4. The number of halogens is 2. The van der Waals surface area contributed by atoms with Gasteiger partial charge in [-0.05, 0) is 55.7 Å². The van der Waals surface area contributed by atoms with E-state index in [-0.39, 0.29) is 0 Å². The second-order valence-corrected chi connectivity index (χ2v) is 6.47. The lowest BCUT2D eigenvalue weighted by molar-refractivity contribution is -0.137. The van der Waals surface area contributed by atoms with Crippen LogP contribution in [0.25, 0.3) is 0 Å². The first-order valence-electron chi connectivity index (χ1n) is 8.02. The summed E-state index contributed by atoms with van der Waals surface area (Å²) in [6.45, 7) is 4.51. The minimum atomic E-state index is -0.631. The van der Waals surface area contributed by atoms with E-state index < -0.39 is 11.8 Å². The number of rotatable bonds is 5. The number of amides is 2. The standard InChI is InChI=1S/C19H20Cl2N2O2/c1-3-23(16-6-4-5-13(2)11-16)19(25)18(24)22-10-9-14-7-8-15(20)12-17(14)21/h4-8,11-12H,3,9-10H2,1-2H3,(H,22,24). The fraction of sp³-hybridized carbons (Fsp3) is 0.263. The number of anilines is 1. The monoisotopic (exact) mass is 378 g/mol. The quantitative estimate of drug-likeness (QED) is 0.798. The molecule has 0 aromatic heterocycles. The number of carbonyl (C=O) groups is 2. The van der Waals surface area contributed by atoms with Gasteiger partial charge in [0.1, 0.15) is 0 Å². The second kappa shape index (κ2) is 8.88. The zero-order chi connectivity index (χ0) is 18.4. The van der Waals surface area contributed by atoms with Crippen molar-refractivity contribution in [2.45, 2.75) is 20.3 Å². The molecule has 2 aromatic rings. The molecule has 2 rings (SSSR count).